The molecule has 25 heavy (non-hydrogen) atoms. The normalized spacial score (nSPS) is 16.4. The van der Waals surface area contributed by atoms with Crippen LogP contribution in [0.2, 0.25) is 0 Å². The summed E-state index contributed by atoms with van der Waals surface area (Å²) in [6, 6.07) is 16.2. The quantitative estimate of drug-likeness (QED) is 0.765. The maximum Gasteiger partial charge on any atom is 0.258 e. The number of aryl methyl sites for hydroxylation is 1. The van der Waals surface area contributed by atoms with Crippen molar-refractivity contribution in [3.63, 3.8) is 0 Å². The van der Waals surface area contributed by atoms with E-state index in [-0.39, 0.29) is 12.1 Å². The zero-order valence-electron chi connectivity index (χ0n) is 14.0. The second-order valence-electron chi connectivity index (χ2n) is 6.19. The van der Waals surface area contributed by atoms with Crippen LogP contribution in [0.25, 0.3) is 0 Å². The van der Waals surface area contributed by atoms with E-state index < -0.39 is 0 Å². The summed E-state index contributed by atoms with van der Waals surface area (Å²) in [5.74, 6) is 0.0702. The third kappa shape index (κ3) is 3.03. The van der Waals surface area contributed by atoms with E-state index in [9.17, 15) is 4.79 Å². The van der Waals surface area contributed by atoms with E-state index in [2.05, 4.69) is 22.4 Å². The minimum absolute atomic E-state index is 0.0702. The van der Waals surface area contributed by atoms with Gasteiger partial charge in [-0.3, -0.25) is 4.79 Å². The number of anilines is 1. The summed E-state index contributed by atoms with van der Waals surface area (Å²) in [5, 5.41) is 5.51. The predicted molar refractivity (Wildman–Crippen MR) is 101 cm³/mol. The largest absolute Gasteiger partial charge is 0.359 e. The molecule has 4 rings (SSSR count). The van der Waals surface area contributed by atoms with Gasteiger partial charge in [0.1, 0.15) is 6.17 Å². The first-order chi connectivity index (χ1) is 12.2. The molecule has 5 heteroatoms. The minimum Gasteiger partial charge on any atom is -0.359 e. The lowest BCUT2D eigenvalue weighted by Crippen LogP contribution is -2.44. The molecule has 0 bridgehead atoms. The molecule has 0 saturated carbocycles. The predicted octanol–water partition coefficient (Wildman–Crippen LogP) is 4.26. The van der Waals surface area contributed by atoms with Crippen molar-refractivity contribution >= 4 is 22.9 Å². The van der Waals surface area contributed by atoms with Crippen LogP contribution in [0, 0.1) is 6.92 Å². The molecule has 1 aliphatic heterocycles. The summed E-state index contributed by atoms with van der Waals surface area (Å²) >= 11 is 1.55. The summed E-state index contributed by atoms with van der Waals surface area (Å²) in [4.78, 5) is 19.6. The van der Waals surface area contributed by atoms with E-state index in [1.807, 2.05) is 59.1 Å². The van der Waals surface area contributed by atoms with Gasteiger partial charge in [0.25, 0.3) is 5.91 Å². The third-order valence-corrected chi connectivity index (χ3v) is 5.17. The monoisotopic (exact) mass is 349 g/mol. The number of fused-ring (bicyclic) bond motifs is 1. The molecule has 2 aromatic carbocycles. The van der Waals surface area contributed by atoms with Crippen molar-refractivity contribution in [2.75, 3.05) is 11.9 Å². The Kier molecular flexibility index (Phi) is 4.24. The molecule has 0 radical (unpaired) electrons. The molecule has 1 N–H and O–H groups in total. The third-order valence-electron chi connectivity index (χ3n) is 4.57. The lowest BCUT2D eigenvalue weighted by molar-refractivity contribution is 0.0681. The number of carbonyl (C=O) groups is 1. The molecule has 0 spiro atoms. The highest BCUT2D eigenvalue weighted by Crippen LogP contribution is 2.34. The van der Waals surface area contributed by atoms with Crippen molar-refractivity contribution < 1.29 is 4.79 Å². The highest BCUT2D eigenvalue weighted by molar-refractivity contribution is 7.07. The zero-order chi connectivity index (χ0) is 17.2. The van der Waals surface area contributed by atoms with Crippen molar-refractivity contribution in [1.82, 2.24) is 9.88 Å². The number of rotatable bonds is 4. The smallest absolute Gasteiger partial charge is 0.258 e. The average molecular weight is 349 g/mol. The number of thiazole rings is 1. The van der Waals surface area contributed by atoms with Crippen LogP contribution in [-0.2, 0) is 6.42 Å². The molecular formula is C20H19N3OS. The molecule has 126 valence electrons. The maximum absolute atomic E-state index is 13.2. The average Bonchev–Trinajstić information content (AvgIpc) is 3.16. The second-order valence-corrected chi connectivity index (χ2v) is 6.91. The van der Waals surface area contributed by atoms with E-state index in [1.54, 1.807) is 11.3 Å². The fraction of sp³-hybridized carbons (Fsp3) is 0.200. The van der Waals surface area contributed by atoms with Crippen LogP contribution in [-0.4, -0.2) is 22.3 Å². The lowest BCUT2D eigenvalue weighted by atomic mass is 10.0. The van der Waals surface area contributed by atoms with Crippen LogP contribution in [0.4, 0.5) is 5.69 Å². The molecule has 1 atom stereocenters. The number of benzene rings is 2. The fourth-order valence-corrected chi connectivity index (χ4v) is 3.85. The standard InChI is InChI=1S/C20H19N3OS/c1-14-6-5-9-16-18(14)20(24)23(11-10-15-7-3-2-4-8-15)19(22-16)17-12-25-13-21-17/h2-9,12-13,19,22H,10-11H2,1H3/t19-/m0/s1. The van der Waals surface area contributed by atoms with Crippen molar-refractivity contribution in [2.24, 2.45) is 0 Å². The van der Waals surface area contributed by atoms with Crippen LogP contribution in [0.3, 0.4) is 0 Å². The summed E-state index contributed by atoms with van der Waals surface area (Å²) in [6.07, 6.45) is 0.590. The fourth-order valence-electron chi connectivity index (χ4n) is 3.27. The van der Waals surface area contributed by atoms with Crippen LogP contribution in [0.1, 0.15) is 33.3 Å². The van der Waals surface area contributed by atoms with Crippen molar-refractivity contribution in [3.8, 4) is 0 Å². The van der Waals surface area contributed by atoms with Gasteiger partial charge in [-0.05, 0) is 30.5 Å². The van der Waals surface area contributed by atoms with Gasteiger partial charge in [-0.1, -0.05) is 42.5 Å². The number of amides is 1. The molecule has 1 aromatic heterocycles. The molecule has 0 saturated heterocycles. The molecule has 0 aliphatic carbocycles. The Morgan fingerprint density at radius 3 is 2.76 bits per heavy atom. The van der Waals surface area contributed by atoms with Crippen LogP contribution < -0.4 is 5.32 Å². The maximum atomic E-state index is 13.2. The van der Waals surface area contributed by atoms with Gasteiger partial charge < -0.3 is 10.2 Å². The first kappa shape index (κ1) is 15.8. The van der Waals surface area contributed by atoms with E-state index in [0.717, 1.165) is 28.9 Å². The van der Waals surface area contributed by atoms with E-state index >= 15 is 0 Å². The number of aromatic nitrogens is 1. The Balaban J connectivity index is 1.68. The van der Waals surface area contributed by atoms with Gasteiger partial charge in [0.15, 0.2) is 0 Å². The summed E-state index contributed by atoms with van der Waals surface area (Å²) in [7, 11) is 0. The Morgan fingerprint density at radius 2 is 2.00 bits per heavy atom. The second kappa shape index (κ2) is 6.69. The Labute approximate surface area is 151 Å². The zero-order valence-corrected chi connectivity index (χ0v) is 14.8. The van der Waals surface area contributed by atoms with Gasteiger partial charge in [-0.2, -0.15) is 0 Å². The Bertz CT molecular complexity index is 877. The summed E-state index contributed by atoms with van der Waals surface area (Å²) in [6.45, 7) is 2.63. The molecule has 4 nitrogen and oxygen atoms in total. The first-order valence-corrected chi connectivity index (χ1v) is 9.27. The van der Waals surface area contributed by atoms with Crippen LogP contribution >= 0.6 is 11.3 Å². The Hall–Kier alpha value is -2.66. The van der Waals surface area contributed by atoms with E-state index in [4.69, 9.17) is 0 Å². The van der Waals surface area contributed by atoms with E-state index in [0.29, 0.717) is 6.54 Å². The van der Waals surface area contributed by atoms with Gasteiger partial charge >= 0.3 is 0 Å². The number of hydrogen-bond donors (Lipinski definition) is 1. The molecular weight excluding hydrogens is 330 g/mol. The molecule has 3 aromatic rings. The number of carbonyl (C=O) groups excluding carboxylic acids is 1. The van der Waals surface area contributed by atoms with Crippen LogP contribution in [0.15, 0.2) is 59.4 Å². The Morgan fingerprint density at radius 1 is 1.16 bits per heavy atom. The summed E-state index contributed by atoms with van der Waals surface area (Å²) in [5.41, 5.74) is 6.57. The molecule has 0 fully saturated rings. The molecule has 0 unspecified atom stereocenters. The van der Waals surface area contributed by atoms with Gasteiger partial charge in [-0.15, -0.1) is 11.3 Å². The highest BCUT2D eigenvalue weighted by Gasteiger charge is 2.34. The van der Waals surface area contributed by atoms with Crippen LogP contribution in [0.5, 0.6) is 0 Å². The summed E-state index contributed by atoms with van der Waals surface area (Å²) < 4.78 is 0. The van der Waals surface area contributed by atoms with Crippen molar-refractivity contribution in [2.45, 2.75) is 19.5 Å². The van der Waals surface area contributed by atoms with Gasteiger partial charge in [-0.25, -0.2) is 4.98 Å². The molecule has 2 heterocycles. The first-order valence-electron chi connectivity index (χ1n) is 8.33. The SMILES string of the molecule is Cc1cccc2c1C(=O)N(CCc1ccccc1)[C@@H](c1cscn1)N2. The minimum atomic E-state index is -0.225. The lowest BCUT2D eigenvalue weighted by Gasteiger charge is -2.37. The number of nitrogens with one attached hydrogen (secondary N) is 1. The topological polar surface area (TPSA) is 45.2 Å². The van der Waals surface area contributed by atoms with Crippen molar-refractivity contribution in [1.29, 1.82) is 0 Å². The van der Waals surface area contributed by atoms with Gasteiger partial charge in [0.2, 0.25) is 0 Å². The molecule has 1 amide bonds. The number of hydrogen-bond acceptors (Lipinski definition) is 4. The van der Waals surface area contributed by atoms with Gasteiger partial charge in [0.05, 0.1) is 16.8 Å². The van der Waals surface area contributed by atoms with E-state index in [1.165, 1.54) is 5.56 Å². The molecule has 1 aliphatic rings. The highest BCUT2D eigenvalue weighted by atomic mass is 32.1. The van der Waals surface area contributed by atoms with Gasteiger partial charge in [0, 0.05) is 17.6 Å². The number of nitrogens with zero attached hydrogens (tertiary/aromatic N) is 2. The van der Waals surface area contributed by atoms with Crippen molar-refractivity contribution in [3.05, 3.63) is 81.8 Å².